The van der Waals surface area contributed by atoms with E-state index in [1.54, 1.807) is 29.2 Å². The molecule has 2 aromatic carbocycles. The van der Waals surface area contributed by atoms with Gasteiger partial charge in [0.1, 0.15) is 11.6 Å². The van der Waals surface area contributed by atoms with E-state index in [1.807, 2.05) is 6.92 Å². The predicted octanol–water partition coefficient (Wildman–Crippen LogP) is 4.86. The van der Waals surface area contributed by atoms with E-state index in [4.69, 9.17) is 16.3 Å². The summed E-state index contributed by atoms with van der Waals surface area (Å²) in [5.74, 6) is 0.233. The average molecular weight is 349 g/mol. The van der Waals surface area contributed by atoms with E-state index in [9.17, 15) is 9.18 Å². The largest absolute Gasteiger partial charge is 0.495 e. The van der Waals surface area contributed by atoms with E-state index in [1.165, 1.54) is 19.2 Å². The summed E-state index contributed by atoms with van der Waals surface area (Å²) in [5, 5.41) is 3.34. The summed E-state index contributed by atoms with van der Waals surface area (Å²) in [6, 6.07) is 9.24. The zero-order chi connectivity index (χ0) is 17.3. The number of carbonyl (C=O) groups excluding carboxylic acids is 1. The smallest absolute Gasteiger partial charge is 0.326 e. The van der Waals surface area contributed by atoms with Crippen molar-refractivity contribution >= 4 is 29.0 Å². The molecule has 4 nitrogen and oxygen atoms in total. The molecule has 0 spiro atoms. The molecule has 0 fully saturated rings. The predicted molar refractivity (Wildman–Crippen MR) is 93.7 cm³/mol. The Morgan fingerprint density at radius 3 is 2.88 bits per heavy atom. The number of ether oxygens (including phenoxy) is 1. The molecular weight excluding hydrogens is 331 g/mol. The maximum atomic E-state index is 13.5. The molecule has 0 aromatic heterocycles. The molecule has 1 heterocycles. The van der Waals surface area contributed by atoms with Crippen molar-refractivity contribution in [1.29, 1.82) is 0 Å². The first-order chi connectivity index (χ1) is 11.5. The van der Waals surface area contributed by atoms with Gasteiger partial charge in [0.25, 0.3) is 0 Å². The lowest BCUT2D eigenvalue weighted by Crippen LogP contribution is -2.44. The fourth-order valence-electron chi connectivity index (χ4n) is 2.98. The van der Waals surface area contributed by atoms with Crippen LogP contribution in [0.5, 0.6) is 5.75 Å². The molecule has 0 saturated carbocycles. The van der Waals surface area contributed by atoms with Crippen molar-refractivity contribution in [1.82, 2.24) is 0 Å². The average Bonchev–Trinajstić information content (AvgIpc) is 2.55. The number of halogens is 2. The molecule has 24 heavy (non-hydrogen) atoms. The van der Waals surface area contributed by atoms with Crippen LogP contribution in [-0.4, -0.2) is 19.2 Å². The van der Waals surface area contributed by atoms with Crippen LogP contribution >= 0.6 is 11.6 Å². The second kappa shape index (κ2) is 6.69. The standard InChI is InChI=1S/C18H18ClFN2O2/c1-11-3-4-12-9-14(20)6-7-16(12)22(11)18(23)21-15-10-13(19)5-8-17(15)24-2/h5-11H,3-4H2,1-2H3,(H,21,23). The van der Waals surface area contributed by atoms with Crippen LogP contribution in [0, 0.1) is 5.82 Å². The van der Waals surface area contributed by atoms with Crippen molar-refractivity contribution in [3.05, 3.63) is 52.8 Å². The number of nitrogens with zero attached hydrogens (tertiary/aromatic N) is 1. The Kier molecular flexibility index (Phi) is 4.62. The highest BCUT2D eigenvalue weighted by atomic mass is 35.5. The Balaban J connectivity index is 1.92. The van der Waals surface area contributed by atoms with E-state index in [-0.39, 0.29) is 17.9 Å². The molecule has 1 unspecified atom stereocenters. The van der Waals surface area contributed by atoms with Gasteiger partial charge in [-0.05, 0) is 61.7 Å². The lowest BCUT2D eigenvalue weighted by molar-refractivity contribution is 0.254. The monoisotopic (exact) mass is 348 g/mol. The van der Waals surface area contributed by atoms with Gasteiger partial charge in [-0.3, -0.25) is 4.90 Å². The van der Waals surface area contributed by atoms with Crippen LogP contribution < -0.4 is 15.0 Å². The van der Waals surface area contributed by atoms with Crippen LogP contribution in [0.2, 0.25) is 5.02 Å². The van der Waals surface area contributed by atoms with E-state index in [0.717, 1.165) is 24.1 Å². The van der Waals surface area contributed by atoms with Gasteiger partial charge in [0, 0.05) is 16.8 Å². The lowest BCUT2D eigenvalue weighted by Gasteiger charge is -2.35. The molecule has 6 heteroatoms. The highest BCUT2D eigenvalue weighted by Crippen LogP contribution is 2.33. The second-order valence-corrected chi connectivity index (χ2v) is 6.24. The van der Waals surface area contributed by atoms with Gasteiger partial charge < -0.3 is 10.1 Å². The van der Waals surface area contributed by atoms with Crippen LogP contribution in [0.3, 0.4) is 0 Å². The number of methoxy groups -OCH3 is 1. The number of nitrogens with one attached hydrogen (secondary N) is 1. The van der Waals surface area contributed by atoms with E-state index < -0.39 is 0 Å². The van der Waals surface area contributed by atoms with Crippen molar-refractivity contribution in [2.45, 2.75) is 25.8 Å². The lowest BCUT2D eigenvalue weighted by atomic mass is 9.97. The molecule has 0 aliphatic carbocycles. The van der Waals surface area contributed by atoms with Crippen LogP contribution in [0.25, 0.3) is 0 Å². The maximum Gasteiger partial charge on any atom is 0.326 e. The third-order valence-electron chi connectivity index (χ3n) is 4.20. The summed E-state index contributed by atoms with van der Waals surface area (Å²) in [7, 11) is 1.53. The van der Waals surface area contributed by atoms with Gasteiger partial charge in [-0.25, -0.2) is 9.18 Å². The molecule has 2 aromatic rings. The maximum absolute atomic E-state index is 13.5. The van der Waals surface area contributed by atoms with Crippen LogP contribution in [0.1, 0.15) is 18.9 Å². The van der Waals surface area contributed by atoms with Crippen molar-refractivity contribution in [3.8, 4) is 5.75 Å². The number of benzene rings is 2. The summed E-state index contributed by atoms with van der Waals surface area (Å²) in [6.45, 7) is 1.97. The molecular formula is C18H18ClFN2O2. The molecule has 0 bridgehead atoms. The fraction of sp³-hybridized carbons (Fsp3) is 0.278. The van der Waals surface area contributed by atoms with Gasteiger partial charge in [-0.15, -0.1) is 0 Å². The Bertz CT molecular complexity index is 782. The quantitative estimate of drug-likeness (QED) is 0.842. The summed E-state index contributed by atoms with van der Waals surface area (Å²) in [5.41, 5.74) is 2.06. The molecule has 126 valence electrons. The molecule has 3 rings (SSSR count). The van der Waals surface area contributed by atoms with Crippen LogP contribution in [0.15, 0.2) is 36.4 Å². The molecule has 1 aliphatic heterocycles. The Hall–Kier alpha value is -2.27. The minimum Gasteiger partial charge on any atom is -0.495 e. The normalized spacial score (nSPS) is 16.5. The summed E-state index contributed by atoms with van der Waals surface area (Å²) in [4.78, 5) is 14.5. The number of amides is 2. The SMILES string of the molecule is COc1ccc(Cl)cc1NC(=O)N1c2ccc(F)cc2CCC1C. The molecule has 0 radical (unpaired) electrons. The van der Waals surface area contributed by atoms with Crippen molar-refractivity contribution < 1.29 is 13.9 Å². The van der Waals surface area contributed by atoms with Crippen LogP contribution in [-0.2, 0) is 6.42 Å². The first-order valence-corrected chi connectivity index (χ1v) is 8.09. The molecule has 1 N–H and O–H groups in total. The van der Waals surface area contributed by atoms with E-state index in [0.29, 0.717) is 16.5 Å². The summed E-state index contributed by atoms with van der Waals surface area (Å²) < 4.78 is 18.7. The number of carbonyl (C=O) groups is 1. The van der Waals surface area contributed by atoms with E-state index >= 15 is 0 Å². The molecule has 0 saturated heterocycles. The van der Waals surface area contributed by atoms with Crippen molar-refractivity contribution in [2.24, 2.45) is 0 Å². The Labute approximate surface area is 145 Å². The first-order valence-electron chi connectivity index (χ1n) is 7.72. The first kappa shape index (κ1) is 16.6. The highest BCUT2D eigenvalue weighted by Gasteiger charge is 2.29. The van der Waals surface area contributed by atoms with Crippen LogP contribution in [0.4, 0.5) is 20.6 Å². The van der Waals surface area contributed by atoms with Crippen molar-refractivity contribution in [2.75, 3.05) is 17.3 Å². The van der Waals surface area contributed by atoms with Gasteiger partial charge >= 0.3 is 6.03 Å². The second-order valence-electron chi connectivity index (χ2n) is 5.81. The number of fused-ring (bicyclic) bond motifs is 1. The van der Waals surface area contributed by atoms with Gasteiger partial charge in [-0.2, -0.15) is 0 Å². The van der Waals surface area contributed by atoms with Gasteiger partial charge in [0.15, 0.2) is 0 Å². The number of hydrogen-bond donors (Lipinski definition) is 1. The minimum absolute atomic E-state index is 0.00754. The number of urea groups is 1. The van der Waals surface area contributed by atoms with Gasteiger partial charge in [0.05, 0.1) is 12.8 Å². The number of rotatable bonds is 2. The topological polar surface area (TPSA) is 41.6 Å². The third kappa shape index (κ3) is 3.17. The molecule has 1 aliphatic rings. The summed E-state index contributed by atoms with van der Waals surface area (Å²) >= 11 is 6.01. The third-order valence-corrected chi connectivity index (χ3v) is 4.43. The Morgan fingerprint density at radius 2 is 2.12 bits per heavy atom. The molecule has 2 amide bonds. The zero-order valence-corrected chi connectivity index (χ0v) is 14.2. The zero-order valence-electron chi connectivity index (χ0n) is 13.5. The fourth-order valence-corrected chi connectivity index (χ4v) is 3.16. The van der Waals surface area contributed by atoms with Gasteiger partial charge in [0.2, 0.25) is 0 Å². The highest BCUT2D eigenvalue weighted by molar-refractivity contribution is 6.31. The number of anilines is 2. The van der Waals surface area contributed by atoms with Crippen molar-refractivity contribution in [3.63, 3.8) is 0 Å². The number of aryl methyl sites for hydroxylation is 1. The number of hydrogen-bond acceptors (Lipinski definition) is 2. The Morgan fingerprint density at radius 1 is 1.33 bits per heavy atom. The van der Waals surface area contributed by atoms with E-state index in [2.05, 4.69) is 5.32 Å². The molecule has 1 atom stereocenters. The minimum atomic E-state index is -0.296. The summed E-state index contributed by atoms with van der Waals surface area (Å²) in [6.07, 6.45) is 1.52. The van der Waals surface area contributed by atoms with Gasteiger partial charge in [-0.1, -0.05) is 11.6 Å².